The number of rotatable bonds is 3. The van der Waals surface area contributed by atoms with E-state index in [9.17, 15) is 8.78 Å². The maximum absolute atomic E-state index is 12.7. The van der Waals surface area contributed by atoms with E-state index in [1.807, 2.05) is 6.26 Å². The third-order valence-corrected chi connectivity index (χ3v) is 4.16. The number of alkyl halides is 2. The first kappa shape index (κ1) is 12.5. The van der Waals surface area contributed by atoms with Crippen molar-refractivity contribution >= 4 is 28.1 Å². The topological polar surface area (TPSA) is 43.1 Å². The molecular formula is C11H8F2N4S2. The van der Waals surface area contributed by atoms with Crippen LogP contribution in [0, 0.1) is 0 Å². The van der Waals surface area contributed by atoms with Crippen molar-refractivity contribution in [3.8, 4) is 11.5 Å². The Bertz CT molecular complexity index is 722. The van der Waals surface area contributed by atoms with Crippen molar-refractivity contribution in [3.63, 3.8) is 0 Å². The molecule has 8 heteroatoms. The van der Waals surface area contributed by atoms with Crippen LogP contribution in [0.5, 0.6) is 0 Å². The zero-order chi connectivity index (χ0) is 13.4. The van der Waals surface area contributed by atoms with E-state index in [0.29, 0.717) is 16.5 Å². The fourth-order valence-corrected chi connectivity index (χ4v) is 2.84. The second-order valence-electron chi connectivity index (χ2n) is 3.65. The van der Waals surface area contributed by atoms with E-state index >= 15 is 0 Å². The Balaban J connectivity index is 2.13. The molecular weight excluding hydrogens is 290 g/mol. The van der Waals surface area contributed by atoms with Gasteiger partial charge in [-0.3, -0.25) is 4.40 Å². The molecule has 98 valence electrons. The van der Waals surface area contributed by atoms with E-state index in [2.05, 4.69) is 15.0 Å². The second kappa shape index (κ2) is 4.86. The van der Waals surface area contributed by atoms with Crippen LogP contribution in [0.4, 0.5) is 8.78 Å². The van der Waals surface area contributed by atoms with E-state index in [1.165, 1.54) is 18.0 Å². The summed E-state index contributed by atoms with van der Waals surface area (Å²) < 4.78 is 26.9. The van der Waals surface area contributed by atoms with Gasteiger partial charge < -0.3 is 0 Å². The quantitative estimate of drug-likeness (QED) is 0.548. The Labute approximate surface area is 115 Å². The summed E-state index contributed by atoms with van der Waals surface area (Å²) >= 11 is 2.47. The minimum Gasteiger partial charge on any atom is -0.287 e. The van der Waals surface area contributed by atoms with Gasteiger partial charge in [-0.2, -0.15) is 0 Å². The van der Waals surface area contributed by atoms with Crippen molar-refractivity contribution in [2.45, 2.75) is 11.5 Å². The van der Waals surface area contributed by atoms with Crippen LogP contribution in [0.1, 0.15) is 11.3 Å². The summed E-state index contributed by atoms with van der Waals surface area (Å²) in [5.41, 5.74) is 0.619. The van der Waals surface area contributed by atoms with Crippen LogP contribution >= 0.6 is 23.1 Å². The van der Waals surface area contributed by atoms with Gasteiger partial charge in [0.1, 0.15) is 5.69 Å². The molecule has 19 heavy (non-hydrogen) atoms. The summed E-state index contributed by atoms with van der Waals surface area (Å²) in [6.45, 7) is 0. The van der Waals surface area contributed by atoms with Gasteiger partial charge in [0.05, 0.1) is 16.1 Å². The molecule has 0 aromatic carbocycles. The lowest BCUT2D eigenvalue weighted by Gasteiger charge is -2.00. The zero-order valence-electron chi connectivity index (χ0n) is 9.75. The SMILES string of the molecule is CSc1ccnc(-c2cnc3sc(C(F)F)cn23)n1. The Morgan fingerprint density at radius 3 is 2.95 bits per heavy atom. The fraction of sp³-hybridized carbons (Fsp3) is 0.182. The van der Waals surface area contributed by atoms with E-state index in [4.69, 9.17) is 0 Å². The van der Waals surface area contributed by atoms with Crippen molar-refractivity contribution in [2.24, 2.45) is 0 Å². The van der Waals surface area contributed by atoms with E-state index < -0.39 is 6.43 Å². The first-order valence-electron chi connectivity index (χ1n) is 5.31. The molecule has 0 saturated carbocycles. The molecule has 3 rings (SSSR count). The van der Waals surface area contributed by atoms with Gasteiger partial charge in [-0.25, -0.2) is 23.7 Å². The van der Waals surface area contributed by atoms with E-state index in [-0.39, 0.29) is 4.88 Å². The maximum Gasteiger partial charge on any atom is 0.274 e. The average molecular weight is 298 g/mol. The number of nitrogens with zero attached hydrogens (tertiary/aromatic N) is 4. The highest BCUT2D eigenvalue weighted by molar-refractivity contribution is 7.98. The molecule has 3 aromatic rings. The molecule has 0 aliphatic rings. The van der Waals surface area contributed by atoms with Gasteiger partial charge in [-0.15, -0.1) is 11.8 Å². The molecule has 3 aromatic heterocycles. The number of halogens is 2. The van der Waals surface area contributed by atoms with E-state index in [1.54, 1.807) is 22.9 Å². The lowest BCUT2D eigenvalue weighted by molar-refractivity contribution is 0.155. The summed E-state index contributed by atoms with van der Waals surface area (Å²) in [6.07, 6.45) is 4.06. The highest BCUT2D eigenvalue weighted by Gasteiger charge is 2.16. The Hall–Kier alpha value is -1.54. The molecule has 0 aliphatic heterocycles. The van der Waals surface area contributed by atoms with Crippen LogP contribution in [0.3, 0.4) is 0 Å². The predicted octanol–water partition coefficient (Wildman–Crippen LogP) is 3.51. The highest BCUT2D eigenvalue weighted by atomic mass is 32.2. The monoisotopic (exact) mass is 298 g/mol. The molecule has 0 fully saturated rings. The molecule has 0 N–H and O–H groups in total. The molecule has 0 saturated heterocycles. The Morgan fingerprint density at radius 2 is 2.21 bits per heavy atom. The molecule has 0 spiro atoms. The van der Waals surface area contributed by atoms with Gasteiger partial charge in [0, 0.05) is 12.4 Å². The van der Waals surface area contributed by atoms with Crippen molar-refractivity contribution in [3.05, 3.63) is 29.5 Å². The van der Waals surface area contributed by atoms with Crippen LogP contribution in [-0.4, -0.2) is 25.6 Å². The fourth-order valence-electron chi connectivity index (χ4n) is 1.65. The number of fused-ring (bicyclic) bond motifs is 1. The van der Waals surface area contributed by atoms with Gasteiger partial charge in [-0.05, 0) is 12.3 Å². The Morgan fingerprint density at radius 1 is 1.37 bits per heavy atom. The third kappa shape index (κ3) is 2.21. The highest BCUT2D eigenvalue weighted by Crippen LogP contribution is 2.30. The van der Waals surface area contributed by atoms with Crippen molar-refractivity contribution in [1.29, 1.82) is 0 Å². The normalized spacial score (nSPS) is 11.6. The van der Waals surface area contributed by atoms with Crippen molar-refractivity contribution in [1.82, 2.24) is 19.4 Å². The van der Waals surface area contributed by atoms with Gasteiger partial charge in [0.2, 0.25) is 0 Å². The predicted molar refractivity (Wildman–Crippen MR) is 70.8 cm³/mol. The lowest BCUT2D eigenvalue weighted by atomic mass is 10.4. The second-order valence-corrected chi connectivity index (χ2v) is 5.52. The molecule has 0 bridgehead atoms. The Kier molecular flexibility index (Phi) is 3.19. The number of aromatic nitrogens is 4. The van der Waals surface area contributed by atoms with Gasteiger partial charge >= 0.3 is 0 Å². The molecule has 0 unspecified atom stereocenters. The molecule has 3 heterocycles. The summed E-state index contributed by atoms with van der Waals surface area (Å²) in [5, 5.41) is 0.823. The van der Waals surface area contributed by atoms with Crippen molar-refractivity contribution < 1.29 is 8.78 Å². The summed E-state index contributed by atoms with van der Waals surface area (Å²) in [6, 6.07) is 1.80. The zero-order valence-corrected chi connectivity index (χ0v) is 11.4. The lowest BCUT2D eigenvalue weighted by Crippen LogP contribution is -1.92. The average Bonchev–Trinajstić information content (AvgIpc) is 2.98. The van der Waals surface area contributed by atoms with Gasteiger partial charge in [-0.1, -0.05) is 11.3 Å². The van der Waals surface area contributed by atoms with Gasteiger partial charge in [0.25, 0.3) is 6.43 Å². The molecule has 4 nitrogen and oxygen atoms in total. The van der Waals surface area contributed by atoms with Crippen LogP contribution in [0.25, 0.3) is 16.5 Å². The van der Waals surface area contributed by atoms with Gasteiger partial charge in [0.15, 0.2) is 10.8 Å². The maximum atomic E-state index is 12.7. The van der Waals surface area contributed by atoms with E-state index in [0.717, 1.165) is 16.4 Å². The minimum absolute atomic E-state index is 0.00892. The summed E-state index contributed by atoms with van der Waals surface area (Å²) in [4.78, 5) is 13.1. The number of thioether (sulfide) groups is 1. The first-order chi connectivity index (χ1) is 9.19. The molecule has 0 amide bonds. The standard InChI is InChI=1S/C11H8F2N4S2/c1-18-8-2-3-14-10(16-8)6-4-15-11-17(6)5-7(19-11)9(12)13/h2-5,9H,1H3. The molecule has 0 atom stereocenters. The third-order valence-electron chi connectivity index (χ3n) is 2.51. The number of hydrogen-bond donors (Lipinski definition) is 0. The molecule has 0 aliphatic carbocycles. The summed E-state index contributed by atoms with van der Waals surface area (Å²) in [7, 11) is 0. The number of hydrogen-bond acceptors (Lipinski definition) is 5. The van der Waals surface area contributed by atoms with Crippen LogP contribution in [0.15, 0.2) is 29.7 Å². The van der Waals surface area contributed by atoms with Crippen LogP contribution in [-0.2, 0) is 0 Å². The first-order valence-corrected chi connectivity index (χ1v) is 7.35. The number of thiazole rings is 1. The van der Waals surface area contributed by atoms with Crippen molar-refractivity contribution in [2.75, 3.05) is 6.26 Å². The van der Waals surface area contributed by atoms with Crippen LogP contribution in [0.2, 0.25) is 0 Å². The summed E-state index contributed by atoms with van der Waals surface area (Å²) in [5.74, 6) is 0.484. The van der Waals surface area contributed by atoms with Crippen LogP contribution < -0.4 is 0 Å². The molecule has 0 radical (unpaired) electrons. The smallest absolute Gasteiger partial charge is 0.274 e. The largest absolute Gasteiger partial charge is 0.287 e. The minimum atomic E-state index is -2.49. The number of imidazole rings is 1.